The number of hydrogen-bond donors (Lipinski definition) is 0. The zero-order valence-corrected chi connectivity index (χ0v) is 11.7. The molecule has 0 spiro atoms. The first-order valence-electron chi connectivity index (χ1n) is 7.11. The van der Waals surface area contributed by atoms with Crippen molar-refractivity contribution in [2.45, 2.75) is 18.9 Å². The minimum Gasteiger partial charge on any atom is -0.468 e. The smallest absolute Gasteiger partial charge is 0.327 e. The lowest BCUT2D eigenvalue weighted by molar-refractivity contribution is -0.146. The molecule has 20 heavy (non-hydrogen) atoms. The van der Waals surface area contributed by atoms with Gasteiger partial charge in [0.15, 0.2) is 0 Å². The van der Waals surface area contributed by atoms with Crippen molar-refractivity contribution in [1.82, 2.24) is 4.90 Å². The van der Waals surface area contributed by atoms with E-state index >= 15 is 0 Å². The molecule has 2 aromatic rings. The topological polar surface area (TPSA) is 29.5 Å². The van der Waals surface area contributed by atoms with Crippen molar-refractivity contribution in [2.24, 2.45) is 0 Å². The molecule has 0 amide bonds. The first-order chi connectivity index (χ1) is 9.81. The van der Waals surface area contributed by atoms with E-state index in [0.29, 0.717) is 0 Å². The van der Waals surface area contributed by atoms with Gasteiger partial charge in [-0.2, -0.15) is 0 Å². The van der Waals surface area contributed by atoms with Gasteiger partial charge in [-0.15, -0.1) is 0 Å². The molecular weight excluding hydrogens is 250 g/mol. The van der Waals surface area contributed by atoms with Crippen LogP contribution in [0.1, 0.15) is 24.4 Å². The Morgan fingerprint density at radius 3 is 2.55 bits per heavy atom. The maximum atomic E-state index is 12.3. The van der Waals surface area contributed by atoms with Crippen molar-refractivity contribution in [3.8, 4) is 0 Å². The van der Waals surface area contributed by atoms with Crippen LogP contribution in [0.2, 0.25) is 0 Å². The van der Waals surface area contributed by atoms with Crippen molar-refractivity contribution in [1.29, 1.82) is 0 Å². The van der Waals surface area contributed by atoms with Gasteiger partial charge >= 0.3 is 5.97 Å². The fraction of sp³-hybridized carbons (Fsp3) is 0.353. The van der Waals surface area contributed by atoms with Crippen LogP contribution in [0.3, 0.4) is 0 Å². The molecule has 0 bridgehead atoms. The number of likely N-dealkylation sites (tertiary alicyclic amines) is 1. The minimum absolute atomic E-state index is 0.164. The van der Waals surface area contributed by atoms with Crippen molar-refractivity contribution in [3.05, 3.63) is 48.0 Å². The van der Waals surface area contributed by atoms with Gasteiger partial charge in [0.1, 0.15) is 6.04 Å². The highest BCUT2D eigenvalue weighted by molar-refractivity contribution is 5.91. The van der Waals surface area contributed by atoms with Gasteiger partial charge in [-0.1, -0.05) is 42.5 Å². The van der Waals surface area contributed by atoms with Crippen molar-refractivity contribution >= 4 is 16.7 Å². The van der Waals surface area contributed by atoms with E-state index in [1.807, 2.05) is 24.3 Å². The van der Waals surface area contributed by atoms with Crippen LogP contribution < -0.4 is 0 Å². The number of hydrogen-bond acceptors (Lipinski definition) is 3. The Morgan fingerprint density at radius 2 is 1.80 bits per heavy atom. The monoisotopic (exact) mass is 269 g/mol. The second kappa shape index (κ2) is 5.63. The van der Waals surface area contributed by atoms with Gasteiger partial charge in [0.2, 0.25) is 0 Å². The van der Waals surface area contributed by atoms with Crippen molar-refractivity contribution in [2.75, 3.05) is 20.2 Å². The van der Waals surface area contributed by atoms with Gasteiger partial charge < -0.3 is 4.74 Å². The zero-order chi connectivity index (χ0) is 13.9. The Bertz CT molecular complexity index is 612. The Labute approximate surface area is 119 Å². The Balaban J connectivity index is 2.11. The summed E-state index contributed by atoms with van der Waals surface area (Å²) in [5, 5.41) is 2.30. The molecule has 0 aliphatic carbocycles. The largest absolute Gasteiger partial charge is 0.468 e. The van der Waals surface area contributed by atoms with Crippen molar-refractivity contribution in [3.63, 3.8) is 0 Å². The summed E-state index contributed by atoms with van der Waals surface area (Å²) in [4.78, 5) is 14.5. The fourth-order valence-electron chi connectivity index (χ4n) is 3.07. The molecule has 0 saturated carbocycles. The Hall–Kier alpha value is -1.87. The lowest BCUT2D eigenvalue weighted by Crippen LogP contribution is -2.32. The number of carbonyl (C=O) groups is 1. The van der Waals surface area contributed by atoms with Crippen LogP contribution >= 0.6 is 0 Å². The first kappa shape index (κ1) is 13.1. The van der Waals surface area contributed by atoms with E-state index in [1.54, 1.807) is 0 Å². The number of esters is 1. The third-order valence-electron chi connectivity index (χ3n) is 4.05. The molecule has 2 aromatic carbocycles. The van der Waals surface area contributed by atoms with Crippen LogP contribution in [0.15, 0.2) is 42.5 Å². The van der Waals surface area contributed by atoms with E-state index in [2.05, 4.69) is 23.1 Å². The van der Waals surface area contributed by atoms with Crippen LogP contribution in [0.25, 0.3) is 10.8 Å². The summed E-state index contributed by atoms with van der Waals surface area (Å²) in [6, 6.07) is 14.1. The molecule has 0 radical (unpaired) electrons. The Kier molecular flexibility index (Phi) is 3.70. The van der Waals surface area contributed by atoms with Gasteiger partial charge in [-0.25, -0.2) is 4.79 Å². The van der Waals surface area contributed by atoms with Gasteiger partial charge in [0, 0.05) is 0 Å². The van der Waals surface area contributed by atoms with Crippen LogP contribution in [-0.4, -0.2) is 31.1 Å². The molecule has 1 saturated heterocycles. The van der Waals surface area contributed by atoms with E-state index in [0.717, 1.165) is 42.3 Å². The van der Waals surface area contributed by atoms with E-state index in [9.17, 15) is 4.79 Å². The highest BCUT2D eigenvalue weighted by atomic mass is 16.5. The molecule has 3 heteroatoms. The average molecular weight is 269 g/mol. The predicted molar refractivity (Wildman–Crippen MR) is 79.5 cm³/mol. The lowest BCUT2D eigenvalue weighted by atomic mass is 9.98. The molecule has 3 rings (SSSR count). The summed E-state index contributed by atoms with van der Waals surface area (Å²) >= 11 is 0. The fourth-order valence-corrected chi connectivity index (χ4v) is 3.07. The number of methoxy groups -OCH3 is 1. The van der Waals surface area contributed by atoms with E-state index < -0.39 is 0 Å². The summed E-state index contributed by atoms with van der Waals surface area (Å²) in [5.41, 5.74) is 1.05. The lowest BCUT2D eigenvalue weighted by Gasteiger charge is -2.26. The molecule has 1 heterocycles. The third kappa shape index (κ3) is 2.29. The summed E-state index contributed by atoms with van der Waals surface area (Å²) in [6.45, 7) is 1.92. The Morgan fingerprint density at radius 1 is 1.10 bits per heavy atom. The summed E-state index contributed by atoms with van der Waals surface area (Å²) in [6.07, 6.45) is 2.30. The molecule has 1 aliphatic heterocycles. The molecule has 0 N–H and O–H groups in total. The summed E-state index contributed by atoms with van der Waals surface area (Å²) < 4.78 is 5.05. The number of rotatable bonds is 3. The van der Waals surface area contributed by atoms with Gasteiger partial charge in [0.05, 0.1) is 7.11 Å². The standard InChI is InChI=1S/C17H19NO2/c1-20-17(19)16(18-11-4-5-12-18)15-10-6-8-13-7-2-3-9-14(13)15/h2-3,6-10,16H,4-5,11-12H2,1H3. The zero-order valence-electron chi connectivity index (χ0n) is 11.7. The summed E-state index contributed by atoms with van der Waals surface area (Å²) in [7, 11) is 1.47. The summed E-state index contributed by atoms with van der Waals surface area (Å²) in [5.74, 6) is -0.164. The highest BCUT2D eigenvalue weighted by Crippen LogP contribution is 2.31. The van der Waals surface area contributed by atoms with E-state index in [-0.39, 0.29) is 12.0 Å². The molecule has 0 aromatic heterocycles. The van der Waals surface area contributed by atoms with Crippen LogP contribution in [0, 0.1) is 0 Å². The maximum Gasteiger partial charge on any atom is 0.327 e. The second-order valence-electron chi connectivity index (χ2n) is 5.24. The van der Waals surface area contributed by atoms with Gasteiger partial charge in [0.25, 0.3) is 0 Å². The number of nitrogens with zero attached hydrogens (tertiary/aromatic N) is 1. The SMILES string of the molecule is COC(=O)C(c1cccc2ccccc12)N1CCCC1. The second-order valence-corrected chi connectivity index (χ2v) is 5.24. The van der Waals surface area contributed by atoms with Gasteiger partial charge in [-0.3, -0.25) is 4.90 Å². The third-order valence-corrected chi connectivity index (χ3v) is 4.05. The van der Waals surface area contributed by atoms with Crippen LogP contribution in [0.4, 0.5) is 0 Å². The van der Waals surface area contributed by atoms with Crippen LogP contribution in [-0.2, 0) is 9.53 Å². The van der Waals surface area contributed by atoms with Gasteiger partial charge in [-0.05, 0) is 42.3 Å². The molecule has 1 unspecified atom stereocenters. The van der Waals surface area contributed by atoms with Crippen molar-refractivity contribution < 1.29 is 9.53 Å². The molecule has 1 atom stereocenters. The number of carbonyl (C=O) groups excluding carboxylic acids is 1. The number of ether oxygens (including phenoxy) is 1. The average Bonchev–Trinajstić information content (AvgIpc) is 3.01. The molecule has 1 fully saturated rings. The quantitative estimate of drug-likeness (QED) is 0.802. The van der Waals surface area contributed by atoms with Crippen LogP contribution in [0.5, 0.6) is 0 Å². The number of fused-ring (bicyclic) bond motifs is 1. The van der Waals surface area contributed by atoms with E-state index in [1.165, 1.54) is 7.11 Å². The number of benzene rings is 2. The highest BCUT2D eigenvalue weighted by Gasteiger charge is 2.31. The maximum absolute atomic E-state index is 12.3. The molecule has 1 aliphatic rings. The van der Waals surface area contributed by atoms with E-state index in [4.69, 9.17) is 4.74 Å². The first-order valence-corrected chi connectivity index (χ1v) is 7.11. The molecule has 3 nitrogen and oxygen atoms in total. The molecular formula is C17H19NO2. The molecule has 104 valence electrons. The predicted octanol–water partition coefficient (Wildman–Crippen LogP) is 3.15. The normalized spacial score (nSPS) is 17.2. The minimum atomic E-state index is -0.284.